The summed E-state index contributed by atoms with van der Waals surface area (Å²) in [5.74, 6) is 0. The number of thiocarbonyl (C=S) groups is 1. The van der Waals surface area contributed by atoms with Gasteiger partial charge in [-0.1, -0.05) is 42.5 Å². The molecular formula is C13H12N2S. The van der Waals surface area contributed by atoms with Crippen LogP contribution in [0.4, 0.5) is 0 Å². The number of nitrogens with zero attached hydrogens (tertiary/aromatic N) is 1. The van der Waals surface area contributed by atoms with Crippen molar-refractivity contribution >= 4 is 17.2 Å². The van der Waals surface area contributed by atoms with Crippen LogP contribution in [-0.4, -0.2) is 9.97 Å². The monoisotopic (exact) mass is 228 g/mol. The van der Waals surface area contributed by atoms with Crippen LogP contribution < -0.4 is 5.32 Å². The highest BCUT2D eigenvalue weighted by Gasteiger charge is 1.99. The molecule has 0 atom stereocenters. The van der Waals surface area contributed by atoms with Crippen molar-refractivity contribution in [2.45, 2.75) is 6.54 Å². The van der Waals surface area contributed by atoms with Crippen molar-refractivity contribution in [3.63, 3.8) is 0 Å². The molecule has 2 aromatic rings. The van der Waals surface area contributed by atoms with E-state index in [9.17, 15) is 0 Å². The third kappa shape index (κ3) is 2.87. The molecule has 0 amide bonds. The minimum atomic E-state index is 0.733. The first kappa shape index (κ1) is 10.8. The number of hydrogen-bond acceptors (Lipinski definition) is 2. The summed E-state index contributed by atoms with van der Waals surface area (Å²) in [6.07, 6.45) is 3.50. The van der Waals surface area contributed by atoms with Crippen molar-refractivity contribution in [3.8, 4) is 0 Å². The van der Waals surface area contributed by atoms with E-state index in [1.54, 1.807) is 12.4 Å². The molecule has 1 aromatic heterocycles. The van der Waals surface area contributed by atoms with Gasteiger partial charge in [0.2, 0.25) is 0 Å². The van der Waals surface area contributed by atoms with E-state index in [-0.39, 0.29) is 0 Å². The van der Waals surface area contributed by atoms with Crippen LogP contribution in [-0.2, 0) is 6.54 Å². The number of benzene rings is 1. The SMILES string of the molecule is S=C(NCc1ccccc1)c1cccnc1. The zero-order chi connectivity index (χ0) is 11.2. The Labute approximate surface area is 100 Å². The van der Waals surface area contributed by atoms with E-state index in [4.69, 9.17) is 12.2 Å². The van der Waals surface area contributed by atoms with Gasteiger partial charge in [-0.2, -0.15) is 0 Å². The maximum absolute atomic E-state index is 5.27. The Hall–Kier alpha value is -1.74. The van der Waals surface area contributed by atoms with E-state index in [0.717, 1.165) is 17.1 Å². The van der Waals surface area contributed by atoms with Gasteiger partial charge in [0.1, 0.15) is 4.99 Å². The van der Waals surface area contributed by atoms with Gasteiger partial charge in [0.05, 0.1) is 0 Å². The summed E-state index contributed by atoms with van der Waals surface area (Å²) in [6.45, 7) is 0.745. The molecule has 0 bridgehead atoms. The van der Waals surface area contributed by atoms with Gasteiger partial charge in [0.15, 0.2) is 0 Å². The van der Waals surface area contributed by atoms with Crippen LogP contribution in [0.2, 0.25) is 0 Å². The molecule has 2 rings (SSSR count). The van der Waals surface area contributed by atoms with Crippen LogP contribution in [0, 0.1) is 0 Å². The molecule has 0 spiro atoms. The van der Waals surface area contributed by atoms with Crippen molar-refractivity contribution in [1.29, 1.82) is 0 Å². The van der Waals surface area contributed by atoms with Gasteiger partial charge in [-0.05, 0) is 17.7 Å². The fourth-order valence-electron chi connectivity index (χ4n) is 1.38. The van der Waals surface area contributed by atoms with Gasteiger partial charge >= 0.3 is 0 Å². The maximum Gasteiger partial charge on any atom is 0.108 e. The molecule has 1 N–H and O–H groups in total. The van der Waals surface area contributed by atoms with Gasteiger partial charge in [-0.3, -0.25) is 4.98 Å². The summed E-state index contributed by atoms with van der Waals surface area (Å²) in [7, 11) is 0. The molecule has 0 radical (unpaired) electrons. The highest BCUT2D eigenvalue weighted by atomic mass is 32.1. The number of hydrogen-bond donors (Lipinski definition) is 1. The second-order valence-corrected chi connectivity index (χ2v) is 3.82. The van der Waals surface area contributed by atoms with Crippen LogP contribution in [0.25, 0.3) is 0 Å². The fourth-order valence-corrected chi connectivity index (χ4v) is 1.57. The smallest absolute Gasteiger partial charge is 0.108 e. The second kappa shape index (κ2) is 5.37. The minimum absolute atomic E-state index is 0.733. The summed E-state index contributed by atoms with van der Waals surface area (Å²) in [5.41, 5.74) is 2.17. The van der Waals surface area contributed by atoms with Crippen molar-refractivity contribution in [3.05, 3.63) is 66.0 Å². The average Bonchev–Trinajstić information content (AvgIpc) is 2.38. The van der Waals surface area contributed by atoms with Crippen LogP contribution in [0.1, 0.15) is 11.1 Å². The average molecular weight is 228 g/mol. The summed E-state index contributed by atoms with van der Waals surface area (Å²) < 4.78 is 0. The minimum Gasteiger partial charge on any atom is -0.372 e. The lowest BCUT2D eigenvalue weighted by Gasteiger charge is -2.07. The van der Waals surface area contributed by atoms with Crippen molar-refractivity contribution in [2.24, 2.45) is 0 Å². The Morgan fingerprint density at radius 3 is 2.62 bits per heavy atom. The standard InChI is InChI=1S/C13H12N2S/c16-13(12-7-4-8-14-10-12)15-9-11-5-2-1-3-6-11/h1-8,10H,9H2,(H,15,16). The number of pyridine rings is 1. The first-order valence-electron chi connectivity index (χ1n) is 5.08. The van der Waals surface area contributed by atoms with Gasteiger partial charge in [-0.15, -0.1) is 0 Å². The van der Waals surface area contributed by atoms with Crippen LogP contribution in [0.5, 0.6) is 0 Å². The zero-order valence-electron chi connectivity index (χ0n) is 8.76. The molecule has 0 aliphatic rings. The summed E-state index contributed by atoms with van der Waals surface area (Å²) in [5, 5.41) is 3.21. The fraction of sp³-hybridized carbons (Fsp3) is 0.0769. The van der Waals surface area contributed by atoms with E-state index in [1.165, 1.54) is 5.56 Å². The molecule has 0 aliphatic heterocycles. The van der Waals surface area contributed by atoms with Crippen molar-refractivity contribution in [1.82, 2.24) is 10.3 Å². The van der Waals surface area contributed by atoms with Gasteiger partial charge in [0.25, 0.3) is 0 Å². The van der Waals surface area contributed by atoms with E-state index in [0.29, 0.717) is 0 Å². The zero-order valence-corrected chi connectivity index (χ0v) is 9.58. The molecule has 0 fully saturated rings. The van der Waals surface area contributed by atoms with E-state index < -0.39 is 0 Å². The molecule has 1 heterocycles. The third-order valence-corrected chi connectivity index (χ3v) is 2.60. The molecule has 0 aliphatic carbocycles. The highest BCUT2D eigenvalue weighted by molar-refractivity contribution is 7.80. The lowest BCUT2D eigenvalue weighted by atomic mass is 10.2. The molecule has 16 heavy (non-hydrogen) atoms. The molecule has 0 saturated heterocycles. The summed E-state index contributed by atoms with van der Waals surface area (Å²) in [4.78, 5) is 4.77. The third-order valence-electron chi connectivity index (χ3n) is 2.22. The van der Waals surface area contributed by atoms with Crippen LogP contribution in [0.15, 0.2) is 54.9 Å². The molecule has 0 saturated carbocycles. The molecule has 0 unspecified atom stereocenters. The predicted molar refractivity (Wildman–Crippen MR) is 69.2 cm³/mol. The van der Waals surface area contributed by atoms with Crippen LogP contribution in [0.3, 0.4) is 0 Å². The van der Waals surface area contributed by atoms with Crippen molar-refractivity contribution in [2.75, 3.05) is 0 Å². The van der Waals surface area contributed by atoms with E-state index in [2.05, 4.69) is 22.4 Å². The lowest BCUT2D eigenvalue weighted by molar-refractivity contribution is 0.928. The van der Waals surface area contributed by atoms with Gasteiger partial charge < -0.3 is 5.32 Å². The first-order chi connectivity index (χ1) is 7.86. The molecule has 80 valence electrons. The van der Waals surface area contributed by atoms with E-state index >= 15 is 0 Å². The molecule has 2 nitrogen and oxygen atoms in total. The quantitative estimate of drug-likeness (QED) is 0.817. The Balaban J connectivity index is 1.95. The number of aromatic nitrogens is 1. The van der Waals surface area contributed by atoms with Gasteiger partial charge in [0, 0.05) is 24.5 Å². The Kier molecular flexibility index (Phi) is 3.62. The molecule has 3 heteroatoms. The molecular weight excluding hydrogens is 216 g/mol. The largest absolute Gasteiger partial charge is 0.372 e. The topological polar surface area (TPSA) is 24.9 Å². The summed E-state index contributed by atoms with van der Waals surface area (Å²) in [6, 6.07) is 14.0. The number of rotatable bonds is 3. The van der Waals surface area contributed by atoms with Crippen LogP contribution >= 0.6 is 12.2 Å². The summed E-state index contributed by atoms with van der Waals surface area (Å²) >= 11 is 5.27. The predicted octanol–water partition coefficient (Wildman–Crippen LogP) is 2.55. The second-order valence-electron chi connectivity index (χ2n) is 3.41. The Morgan fingerprint density at radius 1 is 1.12 bits per heavy atom. The maximum atomic E-state index is 5.27. The Morgan fingerprint density at radius 2 is 1.94 bits per heavy atom. The normalized spacial score (nSPS) is 9.75. The molecule has 1 aromatic carbocycles. The first-order valence-corrected chi connectivity index (χ1v) is 5.49. The lowest BCUT2D eigenvalue weighted by Crippen LogP contribution is -2.21. The van der Waals surface area contributed by atoms with Gasteiger partial charge in [-0.25, -0.2) is 0 Å². The Bertz CT molecular complexity index is 454. The number of nitrogens with one attached hydrogen (secondary N) is 1. The van der Waals surface area contributed by atoms with E-state index in [1.807, 2.05) is 30.3 Å². The highest BCUT2D eigenvalue weighted by Crippen LogP contribution is 2.00. The van der Waals surface area contributed by atoms with Crippen molar-refractivity contribution < 1.29 is 0 Å².